The van der Waals surface area contributed by atoms with Crippen molar-refractivity contribution >= 4 is 5.91 Å². The Kier molecular flexibility index (Phi) is 6.52. The van der Waals surface area contributed by atoms with Gasteiger partial charge in [0.25, 0.3) is 0 Å². The highest BCUT2D eigenvalue weighted by Gasteiger charge is 2.54. The number of rotatable bonds is 6. The van der Waals surface area contributed by atoms with Crippen LogP contribution in [0.15, 0.2) is 24.3 Å². The third-order valence-corrected chi connectivity index (χ3v) is 7.85. The van der Waals surface area contributed by atoms with Crippen LogP contribution < -0.4 is 5.73 Å². The zero-order valence-electron chi connectivity index (χ0n) is 18.8. The molecule has 1 aromatic rings. The predicted molar refractivity (Wildman–Crippen MR) is 118 cm³/mol. The van der Waals surface area contributed by atoms with E-state index in [2.05, 4.69) is 24.8 Å². The molecule has 30 heavy (non-hydrogen) atoms. The first kappa shape index (κ1) is 21.8. The van der Waals surface area contributed by atoms with Gasteiger partial charge >= 0.3 is 0 Å². The summed E-state index contributed by atoms with van der Waals surface area (Å²) in [6.45, 7) is 6.59. The summed E-state index contributed by atoms with van der Waals surface area (Å²) in [6, 6.07) is 8.46. The van der Waals surface area contributed by atoms with Crippen LogP contribution in [0.3, 0.4) is 0 Å². The van der Waals surface area contributed by atoms with Crippen molar-refractivity contribution in [1.29, 1.82) is 0 Å². The van der Waals surface area contributed by atoms with E-state index in [1.54, 1.807) is 6.07 Å². The quantitative estimate of drug-likeness (QED) is 0.761. The number of nitrogens with two attached hydrogens (primary N) is 1. The van der Waals surface area contributed by atoms with Crippen LogP contribution in [0.5, 0.6) is 0 Å². The lowest BCUT2D eigenvalue weighted by Gasteiger charge is -2.57. The normalized spacial score (nSPS) is 37.1. The van der Waals surface area contributed by atoms with E-state index in [1.807, 2.05) is 19.2 Å². The Morgan fingerprint density at radius 1 is 1.27 bits per heavy atom. The summed E-state index contributed by atoms with van der Waals surface area (Å²) < 4.78 is 12.6. The molecule has 4 rings (SSSR count). The Balaban J connectivity index is 1.60. The van der Waals surface area contributed by atoms with Crippen LogP contribution in [-0.2, 0) is 15.1 Å². The van der Waals surface area contributed by atoms with Crippen LogP contribution >= 0.6 is 0 Å². The molecule has 1 amide bonds. The van der Waals surface area contributed by atoms with Crippen LogP contribution in [0.1, 0.15) is 74.7 Å². The fourth-order valence-electron chi connectivity index (χ4n) is 6.63. The van der Waals surface area contributed by atoms with Gasteiger partial charge in [0, 0.05) is 43.6 Å². The molecule has 1 saturated carbocycles. The molecule has 5 unspecified atom stereocenters. The van der Waals surface area contributed by atoms with E-state index in [9.17, 15) is 4.79 Å². The molecular formula is C25H38N2O3. The van der Waals surface area contributed by atoms with Crippen molar-refractivity contribution in [2.24, 2.45) is 17.6 Å². The maximum atomic E-state index is 11.8. The third-order valence-electron chi connectivity index (χ3n) is 7.85. The van der Waals surface area contributed by atoms with Crippen molar-refractivity contribution in [3.8, 4) is 0 Å². The average molecular weight is 415 g/mol. The van der Waals surface area contributed by atoms with Gasteiger partial charge in [0.2, 0.25) is 5.91 Å². The number of methoxy groups -OCH3 is 1. The van der Waals surface area contributed by atoms with E-state index in [-0.39, 0.29) is 11.5 Å². The first-order chi connectivity index (χ1) is 14.5. The summed E-state index contributed by atoms with van der Waals surface area (Å²) in [5.74, 6) is 0.491. The van der Waals surface area contributed by atoms with Gasteiger partial charge in [-0.3, -0.25) is 9.69 Å². The van der Waals surface area contributed by atoms with Gasteiger partial charge in [0.1, 0.15) is 5.60 Å². The number of carbonyl (C=O) groups excluding carboxylic acids is 1. The van der Waals surface area contributed by atoms with E-state index in [0.717, 1.165) is 37.9 Å². The first-order valence-corrected chi connectivity index (χ1v) is 11.8. The smallest absolute Gasteiger partial charge is 0.248 e. The van der Waals surface area contributed by atoms with Crippen LogP contribution in [0.25, 0.3) is 0 Å². The second-order valence-electron chi connectivity index (χ2n) is 9.70. The van der Waals surface area contributed by atoms with Gasteiger partial charge in [0.15, 0.2) is 0 Å². The number of primary amides is 1. The number of fused-ring (bicyclic) bond motifs is 2. The molecule has 5 nitrogen and oxygen atoms in total. The summed E-state index contributed by atoms with van der Waals surface area (Å²) in [4.78, 5) is 14.6. The summed E-state index contributed by atoms with van der Waals surface area (Å²) in [7, 11) is 1.85. The molecule has 5 atom stereocenters. The van der Waals surface area contributed by atoms with Crippen molar-refractivity contribution in [2.45, 2.75) is 82.6 Å². The van der Waals surface area contributed by atoms with Crippen LogP contribution in [0.4, 0.5) is 0 Å². The molecule has 0 radical (unpaired) electrons. The van der Waals surface area contributed by atoms with E-state index >= 15 is 0 Å². The lowest BCUT2D eigenvalue weighted by molar-refractivity contribution is -0.183. The number of amides is 1. The van der Waals surface area contributed by atoms with E-state index in [1.165, 1.54) is 25.7 Å². The van der Waals surface area contributed by atoms with Gasteiger partial charge in [-0.1, -0.05) is 31.9 Å². The number of hydrogen-bond donors (Lipinski definition) is 1. The number of piperidine rings is 1. The molecule has 2 saturated heterocycles. The molecule has 2 bridgehead atoms. The molecule has 2 heterocycles. The van der Waals surface area contributed by atoms with Crippen molar-refractivity contribution < 1.29 is 14.3 Å². The highest BCUT2D eigenvalue weighted by Crippen LogP contribution is 2.52. The Morgan fingerprint density at radius 2 is 2.00 bits per heavy atom. The maximum Gasteiger partial charge on any atom is 0.248 e. The average Bonchev–Trinajstić information content (AvgIpc) is 2.72. The highest BCUT2D eigenvalue weighted by molar-refractivity contribution is 5.92. The lowest BCUT2D eigenvalue weighted by Crippen LogP contribution is -2.62. The molecule has 2 N–H and O–H groups in total. The van der Waals surface area contributed by atoms with Gasteiger partial charge in [0.05, 0.1) is 12.2 Å². The zero-order valence-corrected chi connectivity index (χ0v) is 18.8. The molecule has 3 fully saturated rings. The molecule has 166 valence electrons. The van der Waals surface area contributed by atoms with Gasteiger partial charge in [-0.2, -0.15) is 0 Å². The van der Waals surface area contributed by atoms with Gasteiger partial charge < -0.3 is 15.2 Å². The standard InChI is InChI=1S/C25H38N2O3/c1-4-7-23-14-22(12-17(2)30-23)27-15-20-10-6-11-21(16-27)25(20,29-3)19-9-5-8-18(13-19)24(26)28/h5,8-9,13,17,20-23H,4,6-7,10-12,14-16H2,1-3H3,(H2,26,28). The molecule has 1 aliphatic carbocycles. The number of carbonyl (C=O) groups is 1. The van der Waals surface area contributed by atoms with Crippen molar-refractivity contribution in [3.63, 3.8) is 0 Å². The predicted octanol–water partition coefficient (Wildman–Crippen LogP) is 4.10. The van der Waals surface area contributed by atoms with Crippen molar-refractivity contribution in [2.75, 3.05) is 20.2 Å². The van der Waals surface area contributed by atoms with Crippen molar-refractivity contribution in [3.05, 3.63) is 35.4 Å². The minimum Gasteiger partial charge on any atom is -0.375 e. The maximum absolute atomic E-state index is 11.8. The topological polar surface area (TPSA) is 64.8 Å². The monoisotopic (exact) mass is 414 g/mol. The van der Waals surface area contributed by atoms with E-state index in [0.29, 0.717) is 35.6 Å². The number of benzene rings is 1. The van der Waals surface area contributed by atoms with E-state index in [4.69, 9.17) is 15.2 Å². The van der Waals surface area contributed by atoms with Crippen LogP contribution in [0, 0.1) is 11.8 Å². The van der Waals surface area contributed by atoms with Gasteiger partial charge in [-0.05, 0) is 56.7 Å². The highest BCUT2D eigenvalue weighted by atomic mass is 16.5. The number of hydrogen-bond acceptors (Lipinski definition) is 4. The Hall–Kier alpha value is -1.43. The summed E-state index contributed by atoms with van der Waals surface area (Å²) >= 11 is 0. The number of ether oxygens (including phenoxy) is 2. The van der Waals surface area contributed by atoms with Gasteiger partial charge in [-0.25, -0.2) is 0 Å². The SMILES string of the molecule is CCCC1CC(N2CC3CCCC(C2)C3(OC)c2cccc(C(N)=O)c2)CC(C)O1. The van der Waals surface area contributed by atoms with E-state index < -0.39 is 0 Å². The Bertz CT molecular complexity index is 738. The Morgan fingerprint density at radius 3 is 2.63 bits per heavy atom. The minimum atomic E-state index is -0.371. The fourth-order valence-corrected chi connectivity index (χ4v) is 6.63. The fraction of sp³-hybridized carbons (Fsp3) is 0.720. The molecule has 0 aromatic heterocycles. The molecule has 5 heteroatoms. The molecule has 0 spiro atoms. The minimum absolute atomic E-state index is 0.320. The molecular weight excluding hydrogens is 376 g/mol. The summed E-state index contributed by atoms with van der Waals surface area (Å²) in [6.07, 6.45) is 8.92. The second-order valence-corrected chi connectivity index (χ2v) is 9.70. The first-order valence-electron chi connectivity index (χ1n) is 11.8. The number of nitrogens with zero attached hydrogens (tertiary/aromatic N) is 1. The van der Waals surface area contributed by atoms with Crippen LogP contribution in [-0.4, -0.2) is 49.3 Å². The summed E-state index contributed by atoms with van der Waals surface area (Å²) in [5, 5.41) is 0. The Labute approximate surface area is 181 Å². The third kappa shape index (κ3) is 3.92. The summed E-state index contributed by atoms with van der Waals surface area (Å²) in [5.41, 5.74) is 6.96. The molecule has 1 aromatic carbocycles. The zero-order chi connectivity index (χ0) is 21.3. The molecule has 2 aliphatic heterocycles. The van der Waals surface area contributed by atoms with Crippen LogP contribution in [0.2, 0.25) is 0 Å². The van der Waals surface area contributed by atoms with Gasteiger partial charge in [-0.15, -0.1) is 0 Å². The van der Waals surface area contributed by atoms with Crippen molar-refractivity contribution in [1.82, 2.24) is 4.90 Å². The molecule has 3 aliphatic rings. The largest absolute Gasteiger partial charge is 0.375 e. The second kappa shape index (κ2) is 8.97. The lowest BCUT2D eigenvalue weighted by atomic mass is 9.62. The number of likely N-dealkylation sites (tertiary alicyclic amines) is 1.